The van der Waals surface area contributed by atoms with Crippen LogP contribution in [-0.4, -0.2) is 41.7 Å². The Kier molecular flexibility index (Phi) is 5.22. The van der Waals surface area contributed by atoms with E-state index in [4.69, 9.17) is 4.74 Å². The summed E-state index contributed by atoms with van der Waals surface area (Å²) < 4.78 is 6.45. The Bertz CT molecular complexity index is 421. The predicted molar refractivity (Wildman–Crippen MR) is 76.1 cm³/mol. The Hall–Kier alpha value is -1.07. The summed E-state index contributed by atoms with van der Waals surface area (Å²) in [7, 11) is 0. The minimum absolute atomic E-state index is 0.0259. The molecule has 1 atom stereocenters. The second kappa shape index (κ2) is 6.91. The Balaban J connectivity index is 1.87. The van der Waals surface area contributed by atoms with Gasteiger partial charge in [-0.2, -0.15) is 0 Å². The maximum Gasteiger partial charge on any atom is 0.260 e. The maximum absolute atomic E-state index is 12.1. The van der Waals surface area contributed by atoms with Crippen molar-refractivity contribution in [3.8, 4) is 5.75 Å². The van der Waals surface area contributed by atoms with Crippen LogP contribution in [0.2, 0.25) is 0 Å². The molecule has 1 fully saturated rings. The molecular weight excluding hydrogens is 310 g/mol. The number of rotatable bonds is 4. The first-order chi connectivity index (χ1) is 9.20. The number of carbonyl (C=O) groups is 1. The average molecular weight is 328 g/mol. The van der Waals surface area contributed by atoms with Crippen LogP contribution in [-0.2, 0) is 4.79 Å². The summed E-state index contributed by atoms with van der Waals surface area (Å²) >= 11 is 3.35. The molecule has 0 spiro atoms. The van der Waals surface area contributed by atoms with Gasteiger partial charge in [0.1, 0.15) is 5.75 Å². The standard InChI is InChI=1S/C14H18BrNO3/c15-11-4-6-13(7-5-11)19-10-14(18)16-8-2-1-3-12(16)9-17/h4-7,12,17H,1-3,8-10H2. The van der Waals surface area contributed by atoms with Gasteiger partial charge in [0.25, 0.3) is 5.91 Å². The first-order valence-electron chi connectivity index (χ1n) is 6.49. The number of likely N-dealkylation sites (tertiary alicyclic amines) is 1. The summed E-state index contributed by atoms with van der Waals surface area (Å²) in [6.07, 6.45) is 2.95. The van der Waals surface area contributed by atoms with Crippen LogP contribution in [0.15, 0.2) is 28.7 Å². The number of ether oxygens (including phenoxy) is 1. The highest BCUT2D eigenvalue weighted by atomic mass is 79.9. The van der Waals surface area contributed by atoms with Crippen molar-refractivity contribution in [2.45, 2.75) is 25.3 Å². The molecule has 1 aliphatic heterocycles. The van der Waals surface area contributed by atoms with Crippen molar-refractivity contribution in [3.05, 3.63) is 28.7 Å². The molecule has 1 aromatic carbocycles. The molecule has 19 heavy (non-hydrogen) atoms. The average Bonchev–Trinajstić information content (AvgIpc) is 2.46. The van der Waals surface area contributed by atoms with Crippen LogP contribution in [0, 0.1) is 0 Å². The van der Waals surface area contributed by atoms with E-state index in [2.05, 4.69) is 15.9 Å². The van der Waals surface area contributed by atoms with Crippen molar-refractivity contribution < 1.29 is 14.6 Å². The summed E-state index contributed by atoms with van der Waals surface area (Å²) in [6.45, 7) is 0.774. The maximum atomic E-state index is 12.1. The Labute approximate surface area is 121 Å². The van der Waals surface area contributed by atoms with Gasteiger partial charge in [0.05, 0.1) is 12.6 Å². The number of aliphatic hydroxyl groups excluding tert-OH is 1. The number of piperidine rings is 1. The van der Waals surface area contributed by atoms with Gasteiger partial charge in [0, 0.05) is 11.0 Å². The normalized spacial score (nSPS) is 19.3. The first-order valence-corrected chi connectivity index (χ1v) is 7.28. The smallest absolute Gasteiger partial charge is 0.260 e. The minimum Gasteiger partial charge on any atom is -0.484 e. The lowest BCUT2D eigenvalue weighted by molar-refractivity contribution is -0.138. The topological polar surface area (TPSA) is 49.8 Å². The third-order valence-corrected chi connectivity index (χ3v) is 3.86. The zero-order chi connectivity index (χ0) is 13.7. The van der Waals surface area contributed by atoms with Gasteiger partial charge in [-0.25, -0.2) is 0 Å². The van der Waals surface area contributed by atoms with E-state index < -0.39 is 0 Å². The van der Waals surface area contributed by atoms with Crippen LogP contribution in [0.5, 0.6) is 5.75 Å². The highest BCUT2D eigenvalue weighted by molar-refractivity contribution is 9.10. The second-order valence-electron chi connectivity index (χ2n) is 4.66. The summed E-state index contributed by atoms with van der Waals surface area (Å²) in [5, 5.41) is 9.29. The van der Waals surface area contributed by atoms with Crippen molar-refractivity contribution in [2.24, 2.45) is 0 Å². The predicted octanol–water partition coefficient (Wildman–Crippen LogP) is 2.20. The monoisotopic (exact) mass is 327 g/mol. The van der Waals surface area contributed by atoms with Crippen molar-refractivity contribution in [3.63, 3.8) is 0 Å². The van der Waals surface area contributed by atoms with Gasteiger partial charge in [-0.05, 0) is 43.5 Å². The third kappa shape index (κ3) is 3.94. The van der Waals surface area contributed by atoms with Crippen LogP contribution in [0.25, 0.3) is 0 Å². The summed E-state index contributed by atoms with van der Waals surface area (Å²) in [4.78, 5) is 13.8. The van der Waals surface area contributed by atoms with Crippen LogP contribution < -0.4 is 4.74 Å². The molecule has 0 bridgehead atoms. The van der Waals surface area contributed by atoms with E-state index >= 15 is 0 Å². The zero-order valence-corrected chi connectivity index (χ0v) is 12.3. The Morgan fingerprint density at radius 1 is 1.37 bits per heavy atom. The van der Waals surface area contributed by atoms with E-state index in [-0.39, 0.29) is 25.2 Å². The molecular formula is C14H18BrNO3. The molecule has 4 nitrogen and oxygen atoms in total. The number of nitrogens with zero attached hydrogens (tertiary/aromatic N) is 1. The van der Waals surface area contributed by atoms with Gasteiger partial charge < -0.3 is 14.7 Å². The SMILES string of the molecule is O=C(COc1ccc(Br)cc1)N1CCCCC1CO. The number of carbonyl (C=O) groups excluding carboxylic acids is 1. The van der Waals surface area contributed by atoms with Crippen molar-refractivity contribution >= 4 is 21.8 Å². The molecule has 1 saturated heterocycles. The van der Waals surface area contributed by atoms with Gasteiger partial charge in [-0.3, -0.25) is 4.79 Å². The number of aliphatic hydroxyl groups is 1. The molecule has 1 amide bonds. The number of amides is 1. The van der Waals surface area contributed by atoms with E-state index in [9.17, 15) is 9.90 Å². The Morgan fingerprint density at radius 3 is 2.79 bits per heavy atom. The number of halogens is 1. The van der Waals surface area contributed by atoms with E-state index in [0.717, 1.165) is 23.7 Å². The first kappa shape index (κ1) is 14.3. The van der Waals surface area contributed by atoms with Crippen LogP contribution in [0.1, 0.15) is 19.3 Å². The van der Waals surface area contributed by atoms with E-state index in [1.54, 1.807) is 4.90 Å². The lowest BCUT2D eigenvalue weighted by Gasteiger charge is -2.34. The van der Waals surface area contributed by atoms with E-state index in [1.165, 1.54) is 0 Å². The summed E-state index contributed by atoms with van der Waals surface area (Å²) in [6, 6.07) is 7.33. The van der Waals surface area contributed by atoms with Gasteiger partial charge in [0.2, 0.25) is 0 Å². The lowest BCUT2D eigenvalue weighted by Crippen LogP contribution is -2.47. The largest absolute Gasteiger partial charge is 0.484 e. The zero-order valence-electron chi connectivity index (χ0n) is 10.7. The molecule has 0 aromatic heterocycles. The van der Waals surface area contributed by atoms with Crippen molar-refractivity contribution in [1.29, 1.82) is 0 Å². The third-order valence-electron chi connectivity index (χ3n) is 3.33. The molecule has 1 aromatic rings. The summed E-state index contributed by atoms with van der Waals surface area (Å²) in [5.74, 6) is 0.621. The van der Waals surface area contributed by atoms with Gasteiger partial charge in [-0.15, -0.1) is 0 Å². The number of hydrogen-bond acceptors (Lipinski definition) is 3. The molecule has 1 N–H and O–H groups in total. The highest BCUT2D eigenvalue weighted by Gasteiger charge is 2.26. The quantitative estimate of drug-likeness (QED) is 0.922. The number of benzene rings is 1. The fourth-order valence-electron chi connectivity index (χ4n) is 2.28. The van der Waals surface area contributed by atoms with Crippen molar-refractivity contribution in [1.82, 2.24) is 4.90 Å². The molecule has 5 heteroatoms. The van der Waals surface area contributed by atoms with Crippen LogP contribution in [0.3, 0.4) is 0 Å². The van der Waals surface area contributed by atoms with Crippen LogP contribution in [0.4, 0.5) is 0 Å². The fraction of sp³-hybridized carbons (Fsp3) is 0.500. The van der Waals surface area contributed by atoms with Crippen LogP contribution >= 0.6 is 15.9 Å². The second-order valence-corrected chi connectivity index (χ2v) is 5.58. The highest BCUT2D eigenvalue weighted by Crippen LogP contribution is 2.18. The lowest BCUT2D eigenvalue weighted by atomic mass is 10.0. The molecule has 1 unspecified atom stereocenters. The molecule has 1 aliphatic rings. The van der Waals surface area contributed by atoms with E-state index in [1.807, 2.05) is 24.3 Å². The summed E-state index contributed by atoms with van der Waals surface area (Å²) in [5.41, 5.74) is 0. The number of hydrogen-bond donors (Lipinski definition) is 1. The van der Waals surface area contributed by atoms with Gasteiger partial charge in [0.15, 0.2) is 6.61 Å². The molecule has 0 aliphatic carbocycles. The molecule has 0 radical (unpaired) electrons. The van der Waals surface area contributed by atoms with Gasteiger partial charge >= 0.3 is 0 Å². The minimum atomic E-state index is -0.0540. The molecule has 1 heterocycles. The molecule has 104 valence electrons. The molecule has 2 rings (SSSR count). The van der Waals surface area contributed by atoms with E-state index in [0.29, 0.717) is 12.3 Å². The van der Waals surface area contributed by atoms with Crippen molar-refractivity contribution in [2.75, 3.05) is 19.8 Å². The fourth-order valence-corrected chi connectivity index (χ4v) is 2.54. The Morgan fingerprint density at radius 2 is 2.11 bits per heavy atom. The molecule has 0 saturated carbocycles. The van der Waals surface area contributed by atoms with Gasteiger partial charge in [-0.1, -0.05) is 15.9 Å².